The SMILES string of the molecule is C=C1[C@H](O)CC[C@@]2(C)CC[C@H](C(C)(C)O)C[C@]12O. The molecule has 2 saturated carbocycles. The maximum absolute atomic E-state index is 11.1. The maximum atomic E-state index is 11.1. The Morgan fingerprint density at radius 3 is 2.39 bits per heavy atom. The van der Waals surface area contributed by atoms with Gasteiger partial charge in [0, 0.05) is 5.41 Å². The van der Waals surface area contributed by atoms with Gasteiger partial charge in [-0.3, -0.25) is 0 Å². The molecule has 0 unspecified atom stereocenters. The summed E-state index contributed by atoms with van der Waals surface area (Å²) >= 11 is 0. The van der Waals surface area contributed by atoms with Crippen molar-refractivity contribution in [2.75, 3.05) is 0 Å². The Bertz CT molecular complexity index is 357. The highest BCUT2D eigenvalue weighted by atomic mass is 16.3. The summed E-state index contributed by atoms with van der Waals surface area (Å²) in [4.78, 5) is 0. The van der Waals surface area contributed by atoms with Gasteiger partial charge < -0.3 is 15.3 Å². The molecule has 104 valence electrons. The standard InChI is InChI=1S/C15H26O3/c1-10-12(16)6-8-14(4)7-5-11(13(2,3)17)9-15(10,14)18/h11-12,16-18H,1,5-9H2,2-4H3/t11-,12+,14+,15-/m0/s1. The van der Waals surface area contributed by atoms with E-state index in [-0.39, 0.29) is 11.3 Å². The van der Waals surface area contributed by atoms with Crippen molar-refractivity contribution < 1.29 is 15.3 Å². The van der Waals surface area contributed by atoms with Crippen LogP contribution in [0.2, 0.25) is 0 Å². The van der Waals surface area contributed by atoms with Crippen molar-refractivity contribution in [2.24, 2.45) is 11.3 Å². The summed E-state index contributed by atoms with van der Waals surface area (Å²) < 4.78 is 0. The first-order chi connectivity index (χ1) is 8.10. The van der Waals surface area contributed by atoms with Crippen LogP contribution >= 0.6 is 0 Å². The van der Waals surface area contributed by atoms with Gasteiger partial charge in [0.2, 0.25) is 0 Å². The van der Waals surface area contributed by atoms with E-state index in [4.69, 9.17) is 0 Å². The highest BCUT2D eigenvalue weighted by Gasteiger charge is 2.57. The topological polar surface area (TPSA) is 60.7 Å². The smallest absolute Gasteiger partial charge is 0.0935 e. The van der Waals surface area contributed by atoms with Gasteiger partial charge in [0.15, 0.2) is 0 Å². The lowest BCUT2D eigenvalue weighted by Crippen LogP contribution is -2.59. The first-order valence-corrected chi connectivity index (χ1v) is 6.92. The summed E-state index contributed by atoms with van der Waals surface area (Å²) in [5.74, 6) is 0.0534. The molecule has 4 atom stereocenters. The molecule has 3 heteroatoms. The summed E-state index contributed by atoms with van der Waals surface area (Å²) in [6, 6.07) is 0. The zero-order chi connectivity index (χ0) is 13.8. The zero-order valence-electron chi connectivity index (χ0n) is 11.7. The van der Waals surface area contributed by atoms with Gasteiger partial charge in [0.1, 0.15) is 0 Å². The molecule has 18 heavy (non-hydrogen) atoms. The molecule has 0 aromatic rings. The second-order valence-electron chi connectivity index (χ2n) is 7.09. The summed E-state index contributed by atoms with van der Waals surface area (Å²) in [6.45, 7) is 9.61. The van der Waals surface area contributed by atoms with Gasteiger partial charge in [-0.05, 0) is 57.4 Å². The van der Waals surface area contributed by atoms with Crippen LogP contribution in [-0.2, 0) is 0 Å². The normalized spacial score (nSPS) is 45.8. The molecular formula is C15H26O3. The lowest BCUT2D eigenvalue weighted by molar-refractivity contribution is -0.152. The highest BCUT2D eigenvalue weighted by Crippen LogP contribution is 2.57. The Morgan fingerprint density at radius 2 is 1.83 bits per heavy atom. The summed E-state index contributed by atoms with van der Waals surface area (Å²) in [7, 11) is 0. The Balaban J connectivity index is 2.32. The fourth-order valence-electron chi connectivity index (χ4n) is 3.76. The highest BCUT2D eigenvalue weighted by molar-refractivity contribution is 5.27. The minimum absolute atomic E-state index is 0.0534. The Kier molecular flexibility index (Phi) is 3.16. The van der Waals surface area contributed by atoms with Crippen LogP contribution in [0.15, 0.2) is 12.2 Å². The zero-order valence-corrected chi connectivity index (χ0v) is 11.7. The van der Waals surface area contributed by atoms with Gasteiger partial charge in [-0.25, -0.2) is 0 Å². The molecule has 0 amide bonds. The Morgan fingerprint density at radius 1 is 1.28 bits per heavy atom. The van der Waals surface area contributed by atoms with Crippen LogP contribution in [-0.4, -0.2) is 32.6 Å². The second-order valence-corrected chi connectivity index (χ2v) is 7.09. The van der Waals surface area contributed by atoms with Crippen LogP contribution in [0.4, 0.5) is 0 Å². The molecule has 0 aliphatic heterocycles. The summed E-state index contributed by atoms with van der Waals surface area (Å²) in [5, 5.41) is 31.2. The fraction of sp³-hybridized carbons (Fsp3) is 0.867. The number of hydrogen-bond donors (Lipinski definition) is 3. The lowest BCUT2D eigenvalue weighted by Gasteiger charge is -2.57. The molecule has 2 fully saturated rings. The van der Waals surface area contributed by atoms with E-state index in [2.05, 4.69) is 13.5 Å². The van der Waals surface area contributed by atoms with Crippen molar-refractivity contribution in [2.45, 2.75) is 70.2 Å². The molecule has 0 radical (unpaired) electrons. The summed E-state index contributed by atoms with van der Waals surface area (Å²) in [6.07, 6.45) is 3.20. The van der Waals surface area contributed by atoms with E-state index in [1.165, 1.54) is 0 Å². The van der Waals surface area contributed by atoms with Crippen LogP contribution < -0.4 is 0 Å². The molecule has 2 rings (SSSR count). The van der Waals surface area contributed by atoms with Gasteiger partial charge in [-0.1, -0.05) is 13.5 Å². The molecule has 3 nitrogen and oxygen atoms in total. The molecule has 0 aromatic carbocycles. The molecule has 2 aliphatic carbocycles. The second kappa shape index (κ2) is 4.06. The van der Waals surface area contributed by atoms with Crippen molar-refractivity contribution in [1.82, 2.24) is 0 Å². The van der Waals surface area contributed by atoms with Crippen molar-refractivity contribution in [3.05, 3.63) is 12.2 Å². The minimum atomic E-state index is -1.03. The monoisotopic (exact) mass is 254 g/mol. The van der Waals surface area contributed by atoms with Gasteiger partial charge in [-0.2, -0.15) is 0 Å². The van der Waals surface area contributed by atoms with E-state index in [0.29, 0.717) is 18.4 Å². The Hall–Kier alpha value is -0.380. The molecule has 0 heterocycles. The molecule has 0 aromatic heterocycles. The molecule has 2 aliphatic rings. The molecule has 0 saturated heterocycles. The predicted molar refractivity (Wildman–Crippen MR) is 71.1 cm³/mol. The average Bonchev–Trinajstić information content (AvgIpc) is 2.26. The third kappa shape index (κ3) is 1.93. The largest absolute Gasteiger partial charge is 0.390 e. The van der Waals surface area contributed by atoms with Crippen LogP contribution in [0.3, 0.4) is 0 Å². The van der Waals surface area contributed by atoms with Crippen LogP contribution in [0.25, 0.3) is 0 Å². The molecule has 3 N–H and O–H groups in total. The van der Waals surface area contributed by atoms with E-state index < -0.39 is 17.3 Å². The van der Waals surface area contributed by atoms with Gasteiger partial charge >= 0.3 is 0 Å². The third-order valence-electron chi connectivity index (χ3n) is 5.49. The van der Waals surface area contributed by atoms with E-state index >= 15 is 0 Å². The van der Waals surface area contributed by atoms with Gasteiger partial charge in [0.05, 0.1) is 17.3 Å². The van der Waals surface area contributed by atoms with E-state index in [0.717, 1.165) is 19.3 Å². The molecule has 0 spiro atoms. The number of fused-ring (bicyclic) bond motifs is 1. The Labute approximate surface area is 110 Å². The fourth-order valence-corrected chi connectivity index (χ4v) is 3.76. The van der Waals surface area contributed by atoms with Crippen LogP contribution in [0.5, 0.6) is 0 Å². The molecular weight excluding hydrogens is 228 g/mol. The molecule has 0 bridgehead atoms. The van der Waals surface area contributed by atoms with E-state index in [9.17, 15) is 15.3 Å². The number of hydrogen-bond acceptors (Lipinski definition) is 3. The number of aliphatic hydroxyl groups excluding tert-OH is 1. The first-order valence-electron chi connectivity index (χ1n) is 6.92. The van der Waals surface area contributed by atoms with Crippen LogP contribution in [0.1, 0.15) is 52.9 Å². The van der Waals surface area contributed by atoms with E-state index in [1.807, 2.05) is 0 Å². The average molecular weight is 254 g/mol. The summed E-state index contributed by atoms with van der Waals surface area (Å²) in [5.41, 5.74) is -1.48. The lowest BCUT2D eigenvalue weighted by atomic mass is 9.52. The number of rotatable bonds is 1. The predicted octanol–water partition coefficient (Wildman–Crippen LogP) is 2.01. The van der Waals surface area contributed by atoms with Crippen molar-refractivity contribution >= 4 is 0 Å². The van der Waals surface area contributed by atoms with Crippen molar-refractivity contribution in [3.8, 4) is 0 Å². The van der Waals surface area contributed by atoms with Gasteiger partial charge in [-0.15, -0.1) is 0 Å². The van der Waals surface area contributed by atoms with E-state index in [1.54, 1.807) is 13.8 Å². The van der Waals surface area contributed by atoms with Crippen molar-refractivity contribution in [1.29, 1.82) is 0 Å². The quantitative estimate of drug-likeness (QED) is 0.627. The first kappa shape index (κ1) is 14.0. The number of aliphatic hydroxyl groups is 3. The third-order valence-corrected chi connectivity index (χ3v) is 5.49. The maximum Gasteiger partial charge on any atom is 0.0935 e. The van der Waals surface area contributed by atoms with Crippen LogP contribution in [0, 0.1) is 11.3 Å². The van der Waals surface area contributed by atoms with Crippen molar-refractivity contribution in [3.63, 3.8) is 0 Å². The van der Waals surface area contributed by atoms with Gasteiger partial charge in [0.25, 0.3) is 0 Å². The minimum Gasteiger partial charge on any atom is -0.390 e.